The summed E-state index contributed by atoms with van der Waals surface area (Å²) in [6, 6.07) is 7.65. The first-order valence-electron chi connectivity index (χ1n) is 8.58. The molecule has 0 spiro atoms. The number of ketones is 1. The third-order valence-electron chi connectivity index (χ3n) is 4.28. The van der Waals surface area contributed by atoms with Crippen LogP contribution < -0.4 is 11.1 Å². The largest absolute Gasteiger partial charge is 0.363 e. The molecular formula is C19H15N5O3S2. The zero-order valence-corrected chi connectivity index (χ0v) is 16.6. The average Bonchev–Trinajstić information content (AvgIpc) is 3.45. The monoisotopic (exact) mass is 425 g/mol. The first-order chi connectivity index (χ1) is 14.0. The predicted molar refractivity (Wildman–Crippen MR) is 110 cm³/mol. The molecule has 0 aromatic carbocycles. The van der Waals surface area contributed by atoms with Gasteiger partial charge in [-0.2, -0.15) is 5.10 Å². The van der Waals surface area contributed by atoms with E-state index in [4.69, 9.17) is 5.73 Å². The topological polar surface area (TPSA) is 120 Å². The van der Waals surface area contributed by atoms with Crippen molar-refractivity contribution in [1.82, 2.24) is 20.1 Å². The van der Waals surface area contributed by atoms with Gasteiger partial charge in [-0.25, -0.2) is 9.67 Å². The first kappa shape index (κ1) is 19.0. The first-order valence-corrected chi connectivity index (χ1v) is 10.3. The molecule has 0 radical (unpaired) electrons. The number of Topliss-reactive ketones (excluding diaryl/α,β-unsaturated/α-hetero) is 1. The lowest BCUT2D eigenvalue weighted by molar-refractivity contribution is -0.137. The lowest BCUT2D eigenvalue weighted by atomic mass is 10.0. The lowest BCUT2D eigenvalue weighted by Crippen LogP contribution is -2.47. The highest BCUT2D eigenvalue weighted by atomic mass is 32.1. The Balaban J connectivity index is 1.61. The fourth-order valence-electron chi connectivity index (χ4n) is 2.92. The highest BCUT2D eigenvalue weighted by molar-refractivity contribution is 7.26. The van der Waals surface area contributed by atoms with Crippen LogP contribution in [0.15, 0.2) is 53.5 Å². The molecule has 0 bridgehead atoms. The zero-order valence-electron chi connectivity index (χ0n) is 14.9. The van der Waals surface area contributed by atoms with Gasteiger partial charge >= 0.3 is 0 Å². The second-order valence-corrected chi connectivity index (χ2v) is 7.98. The molecule has 0 saturated heterocycles. The summed E-state index contributed by atoms with van der Waals surface area (Å²) in [6.07, 6.45) is 3.22. The van der Waals surface area contributed by atoms with Crippen molar-refractivity contribution in [2.24, 2.45) is 5.73 Å². The molecule has 0 aliphatic carbocycles. The Hall–Kier alpha value is -3.37. The summed E-state index contributed by atoms with van der Waals surface area (Å²) in [4.78, 5) is 41.0. The van der Waals surface area contributed by atoms with Crippen LogP contribution in [0.1, 0.15) is 16.1 Å². The Morgan fingerprint density at radius 3 is 2.76 bits per heavy atom. The number of carbonyl (C=O) groups is 3. The molecule has 0 saturated carbocycles. The van der Waals surface area contributed by atoms with Crippen molar-refractivity contribution >= 4 is 49.7 Å². The van der Waals surface area contributed by atoms with Crippen LogP contribution in [0.4, 0.5) is 0 Å². The Morgan fingerprint density at radius 2 is 2.00 bits per heavy atom. The van der Waals surface area contributed by atoms with Gasteiger partial charge in [-0.15, -0.1) is 22.7 Å². The number of primary amides is 1. The maximum atomic E-state index is 12.9. The Morgan fingerprint density at radius 1 is 1.14 bits per heavy atom. The van der Waals surface area contributed by atoms with Crippen LogP contribution in [0.5, 0.6) is 0 Å². The van der Waals surface area contributed by atoms with E-state index in [1.807, 2.05) is 16.8 Å². The molecule has 0 aliphatic rings. The molecule has 29 heavy (non-hydrogen) atoms. The molecule has 4 rings (SSSR count). The van der Waals surface area contributed by atoms with Gasteiger partial charge in [0.1, 0.15) is 11.7 Å². The third-order valence-corrected chi connectivity index (χ3v) is 6.39. The minimum Gasteiger partial charge on any atom is -0.363 e. The number of aromatic nitrogens is 3. The summed E-state index contributed by atoms with van der Waals surface area (Å²) in [6.45, 7) is 0. The van der Waals surface area contributed by atoms with E-state index in [2.05, 4.69) is 15.4 Å². The molecule has 4 aromatic rings. The minimum absolute atomic E-state index is 0.172. The summed E-state index contributed by atoms with van der Waals surface area (Å²) < 4.78 is 3.49. The van der Waals surface area contributed by atoms with Gasteiger partial charge in [-0.05, 0) is 40.6 Å². The van der Waals surface area contributed by atoms with Crippen LogP contribution in [0, 0.1) is 0 Å². The number of nitrogens with two attached hydrogens (primary N) is 1. The molecular weight excluding hydrogens is 410 g/mol. The highest BCUT2D eigenvalue weighted by Crippen LogP contribution is 2.31. The van der Waals surface area contributed by atoms with Crippen molar-refractivity contribution in [3.8, 4) is 5.82 Å². The van der Waals surface area contributed by atoms with Gasteiger partial charge in [-0.3, -0.25) is 14.4 Å². The lowest BCUT2D eigenvalue weighted by Gasteiger charge is -2.16. The van der Waals surface area contributed by atoms with E-state index in [1.165, 1.54) is 16.9 Å². The van der Waals surface area contributed by atoms with Crippen LogP contribution in [0.3, 0.4) is 0 Å². The molecule has 10 heteroatoms. The number of rotatable bonds is 7. The number of pyridine rings is 1. The van der Waals surface area contributed by atoms with Gasteiger partial charge in [-0.1, -0.05) is 6.07 Å². The van der Waals surface area contributed by atoms with Crippen molar-refractivity contribution in [2.45, 2.75) is 12.5 Å². The molecule has 1 atom stereocenters. The van der Waals surface area contributed by atoms with Crippen LogP contribution >= 0.6 is 22.7 Å². The number of hydrogen-bond acceptors (Lipinski definition) is 7. The van der Waals surface area contributed by atoms with E-state index in [-0.39, 0.29) is 12.1 Å². The number of nitrogens with one attached hydrogen (secondary N) is 1. The zero-order chi connectivity index (χ0) is 20.4. The minimum atomic E-state index is -1.09. The molecule has 0 fully saturated rings. The van der Waals surface area contributed by atoms with E-state index in [9.17, 15) is 14.4 Å². The maximum Gasteiger partial charge on any atom is 0.287 e. The number of hydrogen-bond donors (Lipinski definition) is 2. The van der Waals surface area contributed by atoms with Gasteiger partial charge in [0.25, 0.3) is 11.8 Å². The quantitative estimate of drug-likeness (QED) is 0.439. The van der Waals surface area contributed by atoms with Gasteiger partial charge in [0.05, 0.1) is 6.20 Å². The smallest absolute Gasteiger partial charge is 0.287 e. The second-order valence-electron chi connectivity index (χ2n) is 6.15. The van der Waals surface area contributed by atoms with Gasteiger partial charge in [0.2, 0.25) is 5.78 Å². The van der Waals surface area contributed by atoms with Crippen molar-refractivity contribution in [3.63, 3.8) is 0 Å². The molecule has 4 heterocycles. The summed E-state index contributed by atoms with van der Waals surface area (Å²) in [5.41, 5.74) is 6.29. The summed E-state index contributed by atoms with van der Waals surface area (Å²) in [5, 5.41) is 10.6. The van der Waals surface area contributed by atoms with Crippen LogP contribution in [0.25, 0.3) is 15.2 Å². The van der Waals surface area contributed by atoms with E-state index < -0.39 is 23.6 Å². The summed E-state index contributed by atoms with van der Waals surface area (Å²) >= 11 is 3.09. The molecule has 4 aromatic heterocycles. The third kappa shape index (κ3) is 3.80. The SMILES string of the molecule is NC(=O)C(=O)C(Cc1csc2ccsc12)NC(=O)c1ccnn1-c1ccccn1. The van der Waals surface area contributed by atoms with E-state index in [1.54, 1.807) is 47.1 Å². The number of thiophene rings is 2. The van der Waals surface area contributed by atoms with Gasteiger partial charge in [0.15, 0.2) is 5.82 Å². The standard InChI is InChI=1S/C19H15N5O3S2/c20-18(26)16(25)12(9-11-10-29-14-5-8-28-17(11)14)23-19(27)13-4-7-22-24(13)15-3-1-2-6-21-15/h1-8,10,12H,9H2,(H2,20,26)(H,23,27). The van der Waals surface area contributed by atoms with Crippen molar-refractivity contribution in [3.05, 3.63) is 64.7 Å². The fraction of sp³-hybridized carbons (Fsp3) is 0.105. The van der Waals surface area contributed by atoms with Gasteiger partial charge in [0, 0.05) is 22.0 Å². The van der Waals surface area contributed by atoms with E-state index in [0.717, 1.165) is 15.0 Å². The number of amides is 2. The van der Waals surface area contributed by atoms with Crippen LogP contribution in [0.2, 0.25) is 0 Å². The number of nitrogens with zero attached hydrogens (tertiary/aromatic N) is 3. The Kier molecular flexibility index (Phi) is 5.19. The number of carbonyl (C=O) groups excluding carboxylic acids is 3. The Labute approximate surface area is 173 Å². The molecule has 2 amide bonds. The number of fused-ring (bicyclic) bond motifs is 1. The second kappa shape index (κ2) is 7.94. The fourth-order valence-corrected chi connectivity index (χ4v) is 5.06. The van der Waals surface area contributed by atoms with Crippen molar-refractivity contribution in [2.75, 3.05) is 0 Å². The molecule has 8 nitrogen and oxygen atoms in total. The van der Waals surface area contributed by atoms with E-state index >= 15 is 0 Å². The summed E-state index contributed by atoms with van der Waals surface area (Å²) in [5.74, 6) is -2.03. The van der Waals surface area contributed by atoms with Crippen molar-refractivity contribution in [1.29, 1.82) is 0 Å². The predicted octanol–water partition coefficient (Wildman–Crippen LogP) is 1.94. The normalized spacial score (nSPS) is 12.0. The molecule has 146 valence electrons. The average molecular weight is 425 g/mol. The molecule has 0 aliphatic heterocycles. The van der Waals surface area contributed by atoms with Crippen LogP contribution in [-0.4, -0.2) is 38.4 Å². The molecule has 1 unspecified atom stereocenters. The summed E-state index contributed by atoms with van der Waals surface area (Å²) in [7, 11) is 0. The van der Waals surface area contributed by atoms with Gasteiger partial charge < -0.3 is 11.1 Å². The van der Waals surface area contributed by atoms with Crippen LogP contribution in [-0.2, 0) is 16.0 Å². The van der Waals surface area contributed by atoms with E-state index in [0.29, 0.717) is 5.82 Å². The Bertz CT molecular complexity index is 1190. The highest BCUT2D eigenvalue weighted by Gasteiger charge is 2.28. The molecule has 3 N–H and O–H groups in total. The maximum absolute atomic E-state index is 12.9. The van der Waals surface area contributed by atoms with Crippen molar-refractivity contribution < 1.29 is 14.4 Å².